The van der Waals surface area contributed by atoms with E-state index in [0.717, 1.165) is 12.8 Å². The molecule has 18 heavy (non-hydrogen) atoms. The fourth-order valence-electron chi connectivity index (χ4n) is 2.25. The molecule has 2 atom stereocenters. The molecule has 2 nitrogen and oxygen atoms in total. The van der Waals surface area contributed by atoms with Crippen LogP contribution in [0.2, 0.25) is 0 Å². The molecule has 0 N–H and O–H groups in total. The van der Waals surface area contributed by atoms with Crippen LogP contribution in [-0.2, 0) is 4.74 Å². The predicted octanol–water partition coefficient (Wildman–Crippen LogP) is 4.39. The lowest BCUT2D eigenvalue weighted by molar-refractivity contribution is 0.0526. The predicted molar refractivity (Wildman–Crippen MR) is 75.1 cm³/mol. The molecule has 0 amide bonds. The van der Waals surface area contributed by atoms with Crippen LogP contribution in [0.15, 0.2) is 24.3 Å². The molecular weight excluding hydrogens is 222 g/mol. The molecule has 1 aliphatic rings. The minimum absolute atomic E-state index is 0.322. The lowest BCUT2D eigenvalue weighted by atomic mass is 10.0. The Kier molecular flexibility index (Phi) is 7.44. The van der Waals surface area contributed by atoms with E-state index in [9.17, 15) is 0 Å². The van der Waals surface area contributed by atoms with Crippen molar-refractivity contribution in [2.75, 3.05) is 6.61 Å². The van der Waals surface area contributed by atoms with Crippen molar-refractivity contribution in [3.8, 4) is 6.07 Å². The molecule has 0 bridgehead atoms. The third kappa shape index (κ3) is 6.02. The molecule has 0 unspecified atom stereocenters. The molecule has 100 valence electrons. The highest BCUT2D eigenvalue weighted by atomic mass is 16.5. The zero-order chi connectivity index (χ0) is 13.2. The van der Waals surface area contributed by atoms with Gasteiger partial charge in [0.15, 0.2) is 0 Å². The first-order valence-corrected chi connectivity index (χ1v) is 7.13. The van der Waals surface area contributed by atoms with Crippen molar-refractivity contribution in [2.24, 2.45) is 5.92 Å². The van der Waals surface area contributed by atoms with Crippen LogP contribution in [0, 0.1) is 17.2 Å². The maximum atomic E-state index is 8.41. The molecule has 1 rings (SSSR count). The molecule has 0 saturated heterocycles. The van der Waals surface area contributed by atoms with Crippen LogP contribution in [0.3, 0.4) is 0 Å². The summed E-state index contributed by atoms with van der Waals surface area (Å²) in [4.78, 5) is 0. The Bertz CT molecular complexity index is 314. The first kappa shape index (κ1) is 15.0. The molecule has 0 aliphatic heterocycles. The third-order valence-corrected chi connectivity index (χ3v) is 3.49. The summed E-state index contributed by atoms with van der Waals surface area (Å²) < 4.78 is 5.85. The quantitative estimate of drug-likeness (QED) is 0.326. The zero-order valence-corrected chi connectivity index (χ0v) is 11.5. The number of allylic oxidation sites excluding steroid dienone is 1. The number of rotatable bonds is 10. The highest BCUT2D eigenvalue weighted by molar-refractivity contribution is 5.21. The Morgan fingerprint density at radius 3 is 2.78 bits per heavy atom. The summed E-state index contributed by atoms with van der Waals surface area (Å²) in [5.41, 5.74) is 1.33. The van der Waals surface area contributed by atoms with Crippen molar-refractivity contribution in [3.63, 3.8) is 0 Å². The van der Waals surface area contributed by atoms with E-state index >= 15 is 0 Å². The van der Waals surface area contributed by atoms with Crippen molar-refractivity contribution >= 4 is 0 Å². The fraction of sp³-hybridized carbons (Fsp3) is 0.688. The number of nitriles is 1. The number of ether oxygens (including phenoxy) is 1. The van der Waals surface area contributed by atoms with E-state index in [4.69, 9.17) is 10.00 Å². The SMILES string of the molecule is C=C1C[C@H]1[C@H](CCCCCCC)OC/C=C\C#N. The number of hydrogen-bond donors (Lipinski definition) is 0. The van der Waals surface area contributed by atoms with Crippen LogP contribution in [-0.4, -0.2) is 12.7 Å². The number of nitrogens with zero attached hydrogens (tertiary/aromatic N) is 1. The van der Waals surface area contributed by atoms with Crippen LogP contribution in [0.25, 0.3) is 0 Å². The summed E-state index contributed by atoms with van der Waals surface area (Å²) in [6.07, 6.45) is 12.4. The Hall–Kier alpha value is -1.07. The molecule has 1 aliphatic carbocycles. The van der Waals surface area contributed by atoms with Gasteiger partial charge in [-0.1, -0.05) is 51.2 Å². The third-order valence-electron chi connectivity index (χ3n) is 3.49. The van der Waals surface area contributed by atoms with Crippen molar-refractivity contribution in [1.82, 2.24) is 0 Å². The second kappa shape index (κ2) is 8.94. The lowest BCUT2D eigenvalue weighted by Crippen LogP contribution is -2.15. The summed E-state index contributed by atoms with van der Waals surface area (Å²) in [7, 11) is 0. The average molecular weight is 247 g/mol. The van der Waals surface area contributed by atoms with Crippen LogP contribution in [0.4, 0.5) is 0 Å². The van der Waals surface area contributed by atoms with Gasteiger partial charge in [-0.05, 0) is 18.9 Å². The van der Waals surface area contributed by atoms with Gasteiger partial charge in [-0.3, -0.25) is 0 Å². The van der Waals surface area contributed by atoms with Gasteiger partial charge in [-0.2, -0.15) is 5.26 Å². The summed E-state index contributed by atoms with van der Waals surface area (Å²) in [5, 5.41) is 8.41. The van der Waals surface area contributed by atoms with Crippen LogP contribution < -0.4 is 0 Å². The highest BCUT2D eigenvalue weighted by Gasteiger charge is 2.35. The van der Waals surface area contributed by atoms with Crippen molar-refractivity contribution in [1.29, 1.82) is 5.26 Å². The summed E-state index contributed by atoms with van der Waals surface area (Å²) in [6.45, 7) is 6.81. The van der Waals surface area contributed by atoms with E-state index in [1.54, 1.807) is 6.08 Å². The number of unbranched alkanes of at least 4 members (excludes halogenated alkanes) is 4. The highest BCUT2D eigenvalue weighted by Crippen LogP contribution is 2.41. The molecule has 1 saturated carbocycles. The molecule has 1 fully saturated rings. The van der Waals surface area contributed by atoms with Gasteiger partial charge in [0.05, 0.1) is 18.8 Å². The average Bonchev–Trinajstić information content (AvgIpc) is 3.09. The Balaban J connectivity index is 2.18. The van der Waals surface area contributed by atoms with E-state index in [1.165, 1.54) is 43.8 Å². The lowest BCUT2D eigenvalue weighted by Gasteiger charge is -2.16. The summed E-state index contributed by atoms with van der Waals surface area (Å²) in [5.74, 6) is 0.576. The second-order valence-electron chi connectivity index (χ2n) is 5.08. The van der Waals surface area contributed by atoms with E-state index < -0.39 is 0 Å². The van der Waals surface area contributed by atoms with Gasteiger partial charge in [0.25, 0.3) is 0 Å². The van der Waals surface area contributed by atoms with Gasteiger partial charge in [-0.25, -0.2) is 0 Å². The summed E-state index contributed by atoms with van der Waals surface area (Å²) >= 11 is 0. The molecule has 2 heteroatoms. The van der Waals surface area contributed by atoms with Gasteiger partial charge in [0, 0.05) is 12.0 Å². The van der Waals surface area contributed by atoms with E-state index in [-0.39, 0.29) is 0 Å². The maximum absolute atomic E-state index is 8.41. The number of hydrogen-bond acceptors (Lipinski definition) is 2. The van der Waals surface area contributed by atoms with Crippen LogP contribution in [0.5, 0.6) is 0 Å². The minimum atomic E-state index is 0.322. The standard InChI is InChI=1S/C16H25NO/c1-3-4-5-6-7-10-16(15-13-14(15)2)18-12-9-8-11-17/h8-9,15-16H,2-7,10,12-13H2,1H3/b9-8-/t15-,16+/m1/s1. The molecule has 0 aromatic carbocycles. The first-order chi connectivity index (χ1) is 8.79. The Morgan fingerprint density at radius 2 is 2.17 bits per heavy atom. The fourth-order valence-corrected chi connectivity index (χ4v) is 2.25. The minimum Gasteiger partial charge on any atom is -0.373 e. The van der Waals surface area contributed by atoms with Gasteiger partial charge in [0.1, 0.15) is 0 Å². The van der Waals surface area contributed by atoms with E-state index in [2.05, 4.69) is 13.5 Å². The van der Waals surface area contributed by atoms with Gasteiger partial charge in [-0.15, -0.1) is 0 Å². The Morgan fingerprint density at radius 1 is 1.44 bits per heavy atom. The molecule has 0 aromatic heterocycles. The van der Waals surface area contributed by atoms with Crippen molar-refractivity contribution < 1.29 is 4.74 Å². The van der Waals surface area contributed by atoms with Crippen LogP contribution >= 0.6 is 0 Å². The molecule has 0 aromatic rings. The molecule has 0 heterocycles. The van der Waals surface area contributed by atoms with Gasteiger partial charge >= 0.3 is 0 Å². The molecule has 0 spiro atoms. The van der Waals surface area contributed by atoms with Crippen molar-refractivity contribution in [3.05, 3.63) is 24.3 Å². The molecule has 0 radical (unpaired) electrons. The maximum Gasteiger partial charge on any atom is 0.0909 e. The largest absolute Gasteiger partial charge is 0.373 e. The van der Waals surface area contributed by atoms with Crippen LogP contribution in [0.1, 0.15) is 51.9 Å². The second-order valence-corrected chi connectivity index (χ2v) is 5.08. The monoisotopic (exact) mass is 247 g/mol. The van der Waals surface area contributed by atoms with E-state index in [1.807, 2.05) is 6.07 Å². The summed E-state index contributed by atoms with van der Waals surface area (Å²) in [6, 6.07) is 1.98. The van der Waals surface area contributed by atoms with Crippen molar-refractivity contribution in [2.45, 2.75) is 58.0 Å². The zero-order valence-electron chi connectivity index (χ0n) is 11.5. The first-order valence-electron chi connectivity index (χ1n) is 7.13. The van der Waals surface area contributed by atoms with Gasteiger partial charge in [0.2, 0.25) is 0 Å². The van der Waals surface area contributed by atoms with E-state index in [0.29, 0.717) is 18.6 Å². The molecular formula is C16H25NO. The topological polar surface area (TPSA) is 33.0 Å². The Labute approximate surface area is 111 Å². The normalized spacial score (nSPS) is 20.0. The smallest absolute Gasteiger partial charge is 0.0909 e. The van der Waals surface area contributed by atoms with Gasteiger partial charge < -0.3 is 4.74 Å².